The predicted molar refractivity (Wildman–Crippen MR) is 103 cm³/mol. The summed E-state index contributed by atoms with van der Waals surface area (Å²) >= 11 is 2.80. The van der Waals surface area contributed by atoms with Crippen LogP contribution < -0.4 is 10.5 Å². The first kappa shape index (κ1) is 17.4. The van der Waals surface area contributed by atoms with Gasteiger partial charge >= 0.3 is 0 Å². The summed E-state index contributed by atoms with van der Waals surface area (Å²) in [5, 5.41) is 1.95. The molecule has 0 fully saturated rings. The van der Waals surface area contributed by atoms with Gasteiger partial charge in [0.15, 0.2) is 0 Å². The SMILES string of the molecule is NC(=O)C=Cc1ccc(NS(=O)(=O)c2ccc(-c3cccs3)s2)cc1. The number of nitrogens with one attached hydrogen (secondary N) is 1. The van der Waals surface area contributed by atoms with Crippen LogP contribution in [0.25, 0.3) is 15.8 Å². The summed E-state index contributed by atoms with van der Waals surface area (Å²) in [5.41, 5.74) is 6.23. The van der Waals surface area contributed by atoms with Crippen molar-refractivity contribution >= 4 is 50.4 Å². The number of anilines is 1. The predicted octanol–water partition coefficient (Wildman–Crippen LogP) is 3.78. The van der Waals surface area contributed by atoms with E-state index < -0.39 is 15.9 Å². The fraction of sp³-hybridized carbons (Fsp3) is 0. The second kappa shape index (κ2) is 7.22. The molecule has 0 unspecified atom stereocenters. The number of primary amides is 1. The van der Waals surface area contributed by atoms with Crippen LogP contribution in [0.3, 0.4) is 0 Å². The summed E-state index contributed by atoms with van der Waals surface area (Å²) in [6, 6.07) is 14.0. The molecule has 3 aromatic rings. The van der Waals surface area contributed by atoms with Crippen molar-refractivity contribution in [3.8, 4) is 9.75 Å². The van der Waals surface area contributed by atoms with Crippen molar-refractivity contribution in [2.24, 2.45) is 5.73 Å². The van der Waals surface area contributed by atoms with E-state index in [-0.39, 0.29) is 4.21 Å². The molecule has 0 radical (unpaired) electrons. The first-order valence-corrected chi connectivity index (χ1v) is 10.4. The third kappa shape index (κ3) is 4.36. The zero-order valence-electron chi connectivity index (χ0n) is 12.9. The molecule has 0 atom stereocenters. The maximum Gasteiger partial charge on any atom is 0.271 e. The Hall–Kier alpha value is -2.42. The molecule has 3 rings (SSSR count). The van der Waals surface area contributed by atoms with Crippen LogP contribution in [-0.4, -0.2) is 14.3 Å². The molecule has 0 bridgehead atoms. The molecule has 25 heavy (non-hydrogen) atoms. The fourth-order valence-electron chi connectivity index (χ4n) is 2.06. The maximum atomic E-state index is 12.5. The minimum Gasteiger partial charge on any atom is -0.366 e. The summed E-state index contributed by atoms with van der Waals surface area (Å²) in [7, 11) is -3.64. The van der Waals surface area contributed by atoms with Gasteiger partial charge in [0, 0.05) is 21.5 Å². The Balaban J connectivity index is 1.76. The van der Waals surface area contributed by atoms with E-state index in [1.54, 1.807) is 47.7 Å². The molecule has 0 saturated carbocycles. The molecule has 3 N–H and O–H groups in total. The number of rotatable bonds is 6. The molecule has 0 aliphatic rings. The average molecular weight is 391 g/mol. The van der Waals surface area contributed by atoms with E-state index >= 15 is 0 Å². The summed E-state index contributed by atoms with van der Waals surface area (Å²) in [5.74, 6) is -0.538. The van der Waals surface area contributed by atoms with Crippen LogP contribution in [0, 0.1) is 0 Å². The second-order valence-corrected chi connectivity index (χ2v) is 9.00. The van der Waals surface area contributed by atoms with Crippen LogP contribution >= 0.6 is 22.7 Å². The monoisotopic (exact) mass is 390 g/mol. The minimum atomic E-state index is -3.64. The van der Waals surface area contributed by atoms with Gasteiger partial charge in [0.05, 0.1) is 0 Å². The summed E-state index contributed by atoms with van der Waals surface area (Å²) in [6.07, 6.45) is 2.81. The Morgan fingerprint density at radius 3 is 2.44 bits per heavy atom. The smallest absolute Gasteiger partial charge is 0.271 e. The molecule has 5 nitrogen and oxygen atoms in total. The third-order valence-corrected chi connectivity index (χ3v) is 7.24. The first-order valence-electron chi connectivity index (χ1n) is 7.18. The molecule has 0 spiro atoms. The molecule has 1 amide bonds. The number of hydrogen-bond donors (Lipinski definition) is 2. The Labute approximate surface area is 153 Å². The number of carbonyl (C=O) groups is 1. The highest BCUT2D eigenvalue weighted by Crippen LogP contribution is 2.34. The maximum absolute atomic E-state index is 12.5. The molecule has 128 valence electrons. The Kier molecular flexibility index (Phi) is 5.03. The van der Waals surface area contributed by atoms with Gasteiger partial charge in [0.25, 0.3) is 10.0 Å². The number of sulfonamides is 1. The molecule has 8 heteroatoms. The number of thiophene rings is 2. The van der Waals surface area contributed by atoms with Gasteiger partial charge in [-0.3, -0.25) is 9.52 Å². The molecule has 2 aromatic heterocycles. The molecule has 0 aliphatic carbocycles. The largest absolute Gasteiger partial charge is 0.366 e. The van der Waals surface area contributed by atoms with Gasteiger partial charge < -0.3 is 5.73 Å². The highest BCUT2D eigenvalue weighted by Gasteiger charge is 2.17. The molecule has 0 saturated heterocycles. The average Bonchev–Trinajstić information content (AvgIpc) is 3.25. The second-order valence-electron chi connectivity index (χ2n) is 5.06. The van der Waals surface area contributed by atoms with Crippen molar-refractivity contribution in [2.45, 2.75) is 4.21 Å². The van der Waals surface area contributed by atoms with Gasteiger partial charge in [-0.05, 0) is 47.4 Å². The number of benzene rings is 1. The fourth-order valence-corrected chi connectivity index (χ4v) is 5.26. The number of carbonyl (C=O) groups excluding carboxylic acids is 1. The van der Waals surface area contributed by atoms with Crippen LogP contribution in [-0.2, 0) is 14.8 Å². The van der Waals surface area contributed by atoms with Gasteiger partial charge in [-0.1, -0.05) is 18.2 Å². The first-order chi connectivity index (χ1) is 11.9. The normalized spacial score (nSPS) is 11.7. The lowest BCUT2D eigenvalue weighted by Gasteiger charge is -2.06. The Morgan fingerprint density at radius 1 is 1.04 bits per heavy atom. The van der Waals surface area contributed by atoms with Crippen molar-refractivity contribution in [2.75, 3.05) is 4.72 Å². The molecule has 1 aromatic carbocycles. The summed E-state index contributed by atoms with van der Waals surface area (Å²) in [4.78, 5) is 12.7. The van der Waals surface area contributed by atoms with Crippen molar-refractivity contribution < 1.29 is 13.2 Å². The van der Waals surface area contributed by atoms with E-state index in [0.717, 1.165) is 15.3 Å². The van der Waals surface area contributed by atoms with Gasteiger partial charge in [0.2, 0.25) is 5.91 Å². The third-order valence-electron chi connectivity index (χ3n) is 3.21. The van der Waals surface area contributed by atoms with Crippen molar-refractivity contribution in [3.63, 3.8) is 0 Å². The quantitative estimate of drug-likeness (QED) is 0.628. The van der Waals surface area contributed by atoms with E-state index in [9.17, 15) is 13.2 Å². The number of nitrogens with two attached hydrogens (primary N) is 1. The molecule has 0 aliphatic heterocycles. The lowest BCUT2D eigenvalue weighted by molar-refractivity contribution is -0.113. The minimum absolute atomic E-state index is 0.258. The van der Waals surface area contributed by atoms with Gasteiger partial charge in [-0.25, -0.2) is 8.42 Å². The molecule has 2 heterocycles. The van der Waals surface area contributed by atoms with E-state index in [0.29, 0.717) is 5.69 Å². The number of hydrogen-bond acceptors (Lipinski definition) is 5. The van der Waals surface area contributed by atoms with Crippen molar-refractivity contribution in [3.05, 3.63) is 65.6 Å². The lowest BCUT2D eigenvalue weighted by atomic mass is 10.2. The molecular formula is C17H14N2O3S3. The van der Waals surface area contributed by atoms with Gasteiger partial charge in [-0.2, -0.15) is 0 Å². The van der Waals surface area contributed by atoms with Crippen LogP contribution in [0.4, 0.5) is 5.69 Å². The van der Waals surface area contributed by atoms with Crippen molar-refractivity contribution in [1.29, 1.82) is 0 Å². The van der Waals surface area contributed by atoms with Gasteiger partial charge in [-0.15, -0.1) is 22.7 Å². The van der Waals surface area contributed by atoms with Crippen molar-refractivity contribution in [1.82, 2.24) is 0 Å². The van der Waals surface area contributed by atoms with Crippen LogP contribution in [0.2, 0.25) is 0 Å². The Morgan fingerprint density at radius 2 is 1.80 bits per heavy atom. The van der Waals surface area contributed by atoms with Crippen LogP contribution in [0.15, 0.2) is 64.2 Å². The highest BCUT2D eigenvalue weighted by molar-refractivity contribution is 7.94. The number of amides is 1. The Bertz CT molecular complexity index is 1000. The van der Waals surface area contributed by atoms with E-state index in [1.165, 1.54) is 17.4 Å². The van der Waals surface area contributed by atoms with E-state index in [4.69, 9.17) is 5.73 Å². The zero-order valence-corrected chi connectivity index (χ0v) is 15.3. The highest BCUT2D eigenvalue weighted by atomic mass is 32.2. The van der Waals surface area contributed by atoms with E-state index in [1.807, 2.05) is 23.6 Å². The van der Waals surface area contributed by atoms with E-state index in [2.05, 4.69) is 4.72 Å². The summed E-state index contributed by atoms with van der Waals surface area (Å²) in [6.45, 7) is 0. The zero-order chi connectivity index (χ0) is 17.9. The van der Waals surface area contributed by atoms with Crippen LogP contribution in [0.5, 0.6) is 0 Å². The molecular weight excluding hydrogens is 376 g/mol. The lowest BCUT2D eigenvalue weighted by Crippen LogP contribution is -2.11. The standard InChI is InChI=1S/C17H14N2O3S3/c18-16(20)9-5-12-3-6-13(7-4-12)19-25(21,22)17-10-8-15(24-17)14-2-1-11-23-14/h1-11,19H,(H2,18,20). The van der Waals surface area contributed by atoms with Crippen LogP contribution in [0.1, 0.15) is 5.56 Å². The van der Waals surface area contributed by atoms with Gasteiger partial charge in [0.1, 0.15) is 4.21 Å². The topological polar surface area (TPSA) is 89.3 Å². The summed E-state index contributed by atoms with van der Waals surface area (Å²) < 4.78 is 27.8.